The molecule has 3 heteroatoms. The van der Waals surface area contributed by atoms with E-state index in [-0.39, 0.29) is 11.2 Å². The van der Waals surface area contributed by atoms with Gasteiger partial charge in [-0.15, -0.1) is 0 Å². The van der Waals surface area contributed by atoms with Crippen LogP contribution in [0.1, 0.15) is 19.8 Å². The molecule has 0 aliphatic rings. The zero-order chi connectivity index (χ0) is 7.28. The van der Waals surface area contributed by atoms with E-state index >= 15 is 0 Å². The first-order valence-corrected chi connectivity index (χ1v) is 4.43. The topological polar surface area (TPSA) is 17.1 Å². The van der Waals surface area contributed by atoms with Gasteiger partial charge in [-0.3, -0.25) is 4.79 Å². The van der Waals surface area contributed by atoms with Gasteiger partial charge in [0.1, 0.15) is 0 Å². The molecule has 54 valence electrons. The van der Waals surface area contributed by atoms with Gasteiger partial charge in [-0.05, 0) is 24.4 Å². The van der Waals surface area contributed by atoms with E-state index in [1.807, 2.05) is 6.92 Å². The third-order valence-corrected chi connectivity index (χ3v) is 2.09. The Balaban J connectivity index is 3.27. The average molecular weight is 214 g/mol. The quantitative estimate of drug-likeness (QED) is 0.518. The lowest BCUT2D eigenvalue weighted by Gasteiger charge is -2.01. The summed E-state index contributed by atoms with van der Waals surface area (Å²) in [5.74, 6) is 0.0178. The van der Waals surface area contributed by atoms with Crippen molar-refractivity contribution < 1.29 is 4.79 Å². The summed E-state index contributed by atoms with van der Waals surface area (Å²) < 4.78 is 0. The Bertz CT molecular complexity index is 95.1. The van der Waals surface area contributed by atoms with E-state index in [0.29, 0.717) is 0 Å². The van der Waals surface area contributed by atoms with Crippen LogP contribution in [0.25, 0.3) is 0 Å². The molecule has 0 saturated heterocycles. The molecule has 1 atom stereocenters. The van der Waals surface area contributed by atoms with Gasteiger partial charge in [0.05, 0.1) is 0 Å². The first-order valence-electron chi connectivity index (χ1n) is 2.93. The van der Waals surface area contributed by atoms with Crippen LogP contribution in [0.5, 0.6) is 0 Å². The molecule has 0 heterocycles. The molecule has 0 amide bonds. The molecule has 0 aliphatic carbocycles. The van der Waals surface area contributed by atoms with Crippen LogP contribution in [0.2, 0.25) is 0 Å². The Morgan fingerprint density at radius 2 is 2.33 bits per heavy atom. The zero-order valence-corrected chi connectivity index (χ0v) is 7.70. The maximum atomic E-state index is 10.4. The molecule has 9 heavy (non-hydrogen) atoms. The Morgan fingerprint density at radius 1 is 1.78 bits per heavy atom. The summed E-state index contributed by atoms with van der Waals surface area (Å²) in [6.45, 7) is 1.85. The van der Waals surface area contributed by atoms with Crippen LogP contribution in [0.4, 0.5) is 0 Å². The van der Waals surface area contributed by atoms with Crippen LogP contribution in [0.3, 0.4) is 0 Å². The standard InChI is InChI=1S/C6H10BrClO/c1-5(6(8)9)3-2-4-7/h5H,2-4H2,1H3. The van der Waals surface area contributed by atoms with Gasteiger partial charge in [-0.2, -0.15) is 0 Å². The van der Waals surface area contributed by atoms with Crippen LogP contribution in [0, 0.1) is 5.92 Å². The van der Waals surface area contributed by atoms with E-state index in [1.165, 1.54) is 0 Å². The van der Waals surface area contributed by atoms with Gasteiger partial charge >= 0.3 is 0 Å². The van der Waals surface area contributed by atoms with Gasteiger partial charge in [0.15, 0.2) is 0 Å². The molecule has 0 saturated carbocycles. The van der Waals surface area contributed by atoms with Crippen LogP contribution >= 0.6 is 27.5 Å². The van der Waals surface area contributed by atoms with Crippen LogP contribution < -0.4 is 0 Å². The summed E-state index contributed by atoms with van der Waals surface area (Å²) in [5.41, 5.74) is 0. The SMILES string of the molecule is CC(CCCBr)C(=O)Cl. The minimum Gasteiger partial charge on any atom is -0.281 e. The van der Waals surface area contributed by atoms with Crippen LogP contribution in [-0.4, -0.2) is 10.6 Å². The van der Waals surface area contributed by atoms with Gasteiger partial charge in [-0.25, -0.2) is 0 Å². The van der Waals surface area contributed by atoms with Gasteiger partial charge in [0, 0.05) is 11.2 Å². The molecule has 0 aromatic rings. The molecule has 1 unspecified atom stereocenters. The predicted octanol–water partition coefficient (Wildman–Crippen LogP) is 2.56. The molecule has 0 aromatic heterocycles. The summed E-state index contributed by atoms with van der Waals surface area (Å²) in [5, 5.41) is 0.720. The fraction of sp³-hybridized carbons (Fsp3) is 0.833. The fourth-order valence-electron chi connectivity index (χ4n) is 0.497. The molecule has 0 fully saturated rings. The van der Waals surface area contributed by atoms with Gasteiger partial charge in [0.25, 0.3) is 0 Å². The normalized spacial score (nSPS) is 13.2. The molecule has 0 N–H and O–H groups in total. The Labute approximate surface area is 68.9 Å². The smallest absolute Gasteiger partial charge is 0.224 e. The molecule has 0 spiro atoms. The van der Waals surface area contributed by atoms with Gasteiger partial charge in [-0.1, -0.05) is 22.9 Å². The number of rotatable bonds is 4. The molecule has 0 bridgehead atoms. The molecule has 0 radical (unpaired) electrons. The lowest BCUT2D eigenvalue weighted by molar-refractivity contribution is -0.114. The first kappa shape index (κ1) is 9.44. The van der Waals surface area contributed by atoms with E-state index in [1.54, 1.807) is 0 Å². The lowest BCUT2D eigenvalue weighted by Crippen LogP contribution is -2.03. The fourth-order valence-corrected chi connectivity index (χ4v) is 0.930. The van der Waals surface area contributed by atoms with E-state index in [4.69, 9.17) is 11.6 Å². The van der Waals surface area contributed by atoms with Crippen molar-refractivity contribution in [2.75, 3.05) is 5.33 Å². The van der Waals surface area contributed by atoms with Crippen molar-refractivity contribution >= 4 is 32.8 Å². The van der Waals surface area contributed by atoms with Crippen molar-refractivity contribution in [2.45, 2.75) is 19.8 Å². The van der Waals surface area contributed by atoms with Crippen molar-refractivity contribution in [1.29, 1.82) is 0 Å². The summed E-state index contributed by atoms with van der Waals surface area (Å²) in [6.07, 6.45) is 1.90. The molecular formula is C6H10BrClO. The van der Waals surface area contributed by atoms with Crippen molar-refractivity contribution in [2.24, 2.45) is 5.92 Å². The van der Waals surface area contributed by atoms with Gasteiger partial charge < -0.3 is 0 Å². The molecule has 1 nitrogen and oxygen atoms in total. The molecule has 0 aliphatic heterocycles. The third kappa shape index (κ3) is 4.91. The Kier molecular flexibility index (Phi) is 5.50. The zero-order valence-electron chi connectivity index (χ0n) is 5.36. The Hall–Kier alpha value is 0.440. The monoisotopic (exact) mass is 212 g/mol. The van der Waals surface area contributed by atoms with Crippen molar-refractivity contribution in [3.8, 4) is 0 Å². The molecule has 0 rings (SSSR count). The van der Waals surface area contributed by atoms with Crippen molar-refractivity contribution in [3.63, 3.8) is 0 Å². The average Bonchev–Trinajstić information content (AvgIpc) is 1.82. The van der Waals surface area contributed by atoms with E-state index in [2.05, 4.69) is 15.9 Å². The van der Waals surface area contributed by atoms with Crippen LogP contribution in [-0.2, 0) is 4.79 Å². The molecule has 0 aromatic carbocycles. The number of hydrogen-bond donors (Lipinski definition) is 0. The second-order valence-electron chi connectivity index (χ2n) is 2.04. The first-order chi connectivity index (χ1) is 4.18. The highest BCUT2D eigenvalue weighted by atomic mass is 79.9. The summed E-state index contributed by atoms with van der Waals surface area (Å²) >= 11 is 8.48. The number of hydrogen-bond acceptors (Lipinski definition) is 1. The van der Waals surface area contributed by atoms with Crippen molar-refractivity contribution in [1.82, 2.24) is 0 Å². The molecular weight excluding hydrogens is 203 g/mol. The minimum absolute atomic E-state index is 0.0178. The van der Waals surface area contributed by atoms with Gasteiger partial charge in [0.2, 0.25) is 5.24 Å². The van der Waals surface area contributed by atoms with E-state index < -0.39 is 0 Å². The number of alkyl halides is 1. The lowest BCUT2D eigenvalue weighted by atomic mass is 10.1. The highest BCUT2D eigenvalue weighted by Gasteiger charge is 2.07. The maximum absolute atomic E-state index is 10.4. The van der Waals surface area contributed by atoms with Crippen LogP contribution in [0.15, 0.2) is 0 Å². The Morgan fingerprint density at radius 3 is 2.67 bits per heavy atom. The summed E-state index contributed by atoms with van der Waals surface area (Å²) in [4.78, 5) is 10.4. The maximum Gasteiger partial charge on any atom is 0.224 e. The highest BCUT2D eigenvalue weighted by Crippen LogP contribution is 2.09. The van der Waals surface area contributed by atoms with Crippen molar-refractivity contribution in [3.05, 3.63) is 0 Å². The summed E-state index contributed by atoms with van der Waals surface area (Å²) in [7, 11) is 0. The highest BCUT2D eigenvalue weighted by molar-refractivity contribution is 9.09. The summed E-state index contributed by atoms with van der Waals surface area (Å²) in [6, 6.07) is 0. The largest absolute Gasteiger partial charge is 0.281 e. The number of halogens is 2. The minimum atomic E-state index is -0.226. The van der Waals surface area contributed by atoms with E-state index in [9.17, 15) is 4.79 Å². The second-order valence-corrected chi connectivity index (χ2v) is 3.20. The predicted molar refractivity (Wildman–Crippen MR) is 43.1 cm³/mol. The third-order valence-electron chi connectivity index (χ3n) is 1.16. The number of carbonyl (C=O) groups is 1. The number of carbonyl (C=O) groups excluding carboxylic acids is 1. The second kappa shape index (κ2) is 5.24. The van der Waals surface area contributed by atoms with E-state index in [0.717, 1.165) is 18.2 Å².